The highest BCUT2D eigenvalue weighted by Crippen LogP contribution is 2.05. The van der Waals surface area contributed by atoms with Gasteiger partial charge in [-0.25, -0.2) is 14.8 Å². The van der Waals surface area contributed by atoms with Crippen LogP contribution in [-0.2, 0) is 11.2 Å². The van der Waals surface area contributed by atoms with E-state index in [-0.39, 0.29) is 17.3 Å². The number of hydrogen-bond acceptors (Lipinski definition) is 4. The Morgan fingerprint density at radius 3 is 2.48 bits per heavy atom. The Morgan fingerprint density at radius 2 is 1.90 bits per heavy atom. The van der Waals surface area contributed by atoms with Crippen LogP contribution >= 0.6 is 11.6 Å². The minimum Gasteiger partial charge on any atom is -0.480 e. The molecular formula is C14H12ClN3O3. The van der Waals surface area contributed by atoms with Crippen molar-refractivity contribution < 1.29 is 14.7 Å². The Kier molecular flexibility index (Phi) is 4.84. The number of carbonyl (C=O) groups is 2. The Balaban J connectivity index is 2.07. The van der Waals surface area contributed by atoms with Gasteiger partial charge in [-0.2, -0.15) is 0 Å². The van der Waals surface area contributed by atoms with Crippen molar-refractivity contribution in [3.8, 4) is 0 Å². The summed E-state index contributed by atoms with van der Waals surface area (Å²) < 4.78 is 0. The van der Waals surface area contributed by atoms with Gasteiger partial charge in [0.15, 0.2) is 0 Å². The van der Waals surface area contributed by atoms with Crippen molar-refractivity contribution in [2.75, 3.05) is 0 Å². The lowest BCUT2D eigenvalue weighted by molar-refractivity contribution is -0.139. The molecule has 2 N–H and O–H groups in total. The molecule has 1 atom stereocenters. The quantitative estimate of drug-likeness (QED) is 0.874. The van der Waals surface area contributed by atoms with Crippen molar-refractivity contribution in [1.29, 1.82) is 0 Å². The Labute approximate surface area is 125 Å². The summed E-state index contributed by atoms with van der Waals surface area (Å²) in [5, 5.41) is 11.8. The molecule has 0 aliphatic heterocycles. The van der Waals surface area contributed by atoms with Gasteiger partial charge >= 0.3 is 5.97 Å². The zero-order valence-corrected chi connectivity index (χ0v) is 11.6. The average molecular weight is 306 g/mol. The van der Waals surface area contributed by atoms with E-state index in [1.54, 1.807) is 24.3 Å². The fraction of sp³-hybridized carbons (Fsp3) is 0.143. The zero-order chi connectivity index (χ0) is 15.2. The summed E-state index contributed by atoms with van der Waals surface area (Å²) in [6.45, 7) is 0. The average Bonchev–Trinajstić information content (AvgIpc) is 2.48. The Morgan fingerprint density at radius 1 is 1.19 bits per heavy atom. The zero-order valence-electron chi connectivity index (χ0n) is 10.9. The molecule has 0 saturated carbocycles. The largest absolute Gasteiger partial charge is 0.480 e. The maximum Gasteiger partial charge on any atom is 0.326 e. The molecule has 0 saturated heterocycles. The van der Waals surface area contributed by atoms with Gasteiger partial charge < -0.3 is 10.4 Å². The first-order valence-electron chi connectivity index (χ1n) is 6.11. The maximum absolute atomic E-state index is 11.9. The molecule has 1 aromatic carbocycles. The van der Waals surface area contributed by atoms with Gasteiger partial charge in [0.1, 0.15) is 16.9 Å². The second kappa shape index (κ2) is 6.81. The number of nitrogens with zero attached hydrogens (tertiary/aromatic N) is 2. The maximum atomic E-state index is 11.9. The molecule has 0 radical (unpaired) electrons. The lowest BCUT2D eigenvalue weighted by Crippen LogP contribution is -2.42. The predicted octanol–water partition coefficient (Wildman–Crippen LogP) is 1.56. The first-order valence-corrected chi connectivity index (χ1v) is 6.49. The standard InChI is InChI=1S/C14H12ClN3O3/c15-12-8-16-11(7-17-12)13(19)18-10(14(20)21)6-9-4-2-1-3-5-9/h1-5,7-8,10H,6H2,(H,18,19)(H,20,21). The summed E-state index contributed by atoms with van der Waals surface area (Å²) in [5.74, 6) is -1.73. The monoisotopic (exact) mass is 305 g/mol. The second-order valence-electron chi connectivity index (χ2n) is 4.28. The van der Waals surface area contributed by atoms with Crippen LogP contribution in [0.4, 0.5) is 0 Å². The van der Waals surface area contributed by atoms with Gasteiger partial charge in [0.2, 0.25) is 0 Å². The van der Waals surface area contributed by atoms with Gasteiger partial charge in [0, 0.05) is 6.42 Å². The number of halogens is 1. The fourth-order valence-corrected chi connectivity index (χ4v) is 1.81. The molecule has 21 heavy (non-hydrogen) atoms. The smallest absolute Gasteiger partial charge is 0.326 e. The normalized spacial score (nSPS) is 11.7. The minimum absolute atomic E-state index is 0.0127. The molecule has 6 nitrogen and oxygen atoms in total. The Bertz CT molecular complexity index is 632. The molecule has 1 aromatic heterocycles. The number of amides is 1. The van der Waals surface area contributed by atoms with Crippen molar-refractivity contribution >= 4 is 23.5 Å². The number of nitrogens with one attached hydrogen (secondary N) is 1. The van der Waals surface area contributed by atoms with E-state index in [1.165, 1.54) is 12.4 Å². The number of aromatic nitrogens is 2. The number of carboxylic acid groups (broad SMARTS) is 1. The molecule has 0 aliphatic carbocycles. The molecular weight excluding hydrogens is 294 g/mol. The van der Waals surface area contributed by atoms with E-state index in [2.05, 4.69) is 15.3 Å². The fourth-order valence-electron chi connectivity index (χ4n) is 1.71. The van der Waals surface area contributed by atoms with E-state index < -0.39 is 17.9 Å². The summed E-state index contributed by atoms with van der Waals surface area (Å²) >= 11 is 5.58. The van der Waals surface area contributed by atoms with Crippen LogP contribution in [0.2, 0.25) is 5.15 Å². The molecule has 7 heteroatoms. The Hall–Kier alpha value is -2.47. The third-order valence-electron chi connectivity index (χ3n) is 2.74. The molecule has 1 unspecified atom stereocenters. The highest BCUT2D eigenvalue weighted by atomic mass is 35.5. The number of carboxylic acids is 1. The van der Waals surface area contributed by atoms with Crippen LogP contribution in [0.25, 0.3) is 0 Å². The minimum atomic E-state index is -1.12. The van der Waals surface area contributed by atoms with E-state index in [1.807, 2.05) is 6.07 Å². The number of benzene rings is 1. The molecule has 2 rings (SSSR count). The van der Waals surface area contributed by atoms with Gasteiger partial charge in [0.05, 0.1) is 12.4 Å². The van der Waals surface area contributed by atoms with Crippen LogP contribution in [0.3, 0.4) is 0 Å². The third-order valence-corrected chi connectivity index (χ3v) is 2.93. The topological polar surface area (TPSA) is 92.2 Å². The summed E-state index contributed by atoms with van der Waals surface area (Å²) in [5.41, 5.74) is 0.825. The highest BCUT2D eigenvalue weighted by Gasteiger charge is 2.21. The van der Waals surface area contributed by atoms with E-state index in [0.717, 1.165) is 5.56 Å². The highest BCUT2D eigenvalue weighted by molar-refractivity contribution is 6.29. The van der Waals surface area contributed by atoms with Crippen molar-refractivity contribution in [3.05, 3.63) is 59.1 Å². The summed E-state index contributed by atoms with van der Waals surface area (Å²) in [6.07, 6.45) is 2.60. The van der Waals surface area contributed by atoms with Crippen LogP contribution in [0.5, 0.6) is 0 Å². The van der Waals surface area contributed by atoms with Gasteiger partial charge in [-0.15, -0.1) is 0 Å². The number of rotatable bonds is 5. The van der Waals surface area contributed by atoms with Crippen molar-refractivity contribution in [1.82, 2.24) is 15.3 Å². The molecule has 1 amide bonds. The van der Waals surface area contributed by atoms with Gasteiger partial charge in [-0.1, -0.05) is 41.9 Å². The first-order chi connectivity index (χ1) is 10.1. The van der Waals surface area contributed by atoms with Gasteiger partial charge in [-0.05, 0) is 5.56 Å². The van der Waals surface area contributed by atoms with Crippen molar-refractivity contribution in [3.63, 3.8) is 0 Å². The third kappa shape index (κ3) is 4.25. The number of carbonyl (C=O) groups excluding carboxylic acids is 1. The lowest BCUT2D eigenvalue weighted by atomic mass is 10.1. The molecule has 0 bridgehead atoms. The summed E-state index contributed by atoms with van der Waals surface area (Å²) in [4.78, 5) is 30.7. The van der Waals surface area contributed by atoms with Crippen molar-refractivity contribution in [2.24, 2.45) is 0 Å². The van der Waals surface area contributed by atoms with Crippen LogP contribution < -0.4 is 5.32 Å². The van der Waals surface area contributed by atoms with Crippen LogP contribution in [0.15, 0.2) is 42.7 Å². The molecule has 0 fully saturated rings. The number of aliphatic carboxylic acids is 1. The van der Waals surface area contributed by atoms with Crippen molar-refractivity contribution in [2.45, 2.75) is 12.5 Å². The van der Waals surface area contributed by atoms with E-state index in [4.69, 9.17) is 11.6 Å². The predicted molar refractivity (Wildman–Crippen MR) is 76.1 cm³/mol. The van der Waals surface area contributed by atoms with Crippen LogP contribution in [0, 0.1) is 0 Å². The summed E-state index contributed by atoms with van der Waals surface area (Å²) in [6, 6.07) is 7.99. The molecule has 0 aliphatic rings. The second-order valence-corrected chi connectivity index (χ2v) is 4.67. The SMILES string of the molecule is O=C(NC(Cc1ccccc1)C(=O)O)c1cnc(Cl)cn1. The molecule has 2 aromatic rings. The van der Waals surface area contributed by atoms with E-state index in [9.17, 15) is 14.7 Å². The lowest BCUT2D eigenvalue weighted by Gasteiger charge is -2.14. The van der Waals surface area contributed by atoms with Gasteiger partial charge in [-0.3, -0.25) is 4.79 Å². The molecule has 1 heterocycles. The van der Waals surface area contributed by atoms with Crippen LogP contribution in [-0.4, -0.2) is 33.0 Å². The van der Waals surface area contributed by atoms with E-state index >= 15 is 0 Å². The van der Waals surface area contributed by atoms with Gasteiger partial charge in [0.25, 0.3) is 5.91 Å². The molecule has 0 spiro atoms. The van der Waals surface area contributed by atoms with Crippen LogP contribution in [0.1, 0.15) is 16.1 Å². The first kappa shape index (κ1) is 14.9. The summed E-state index contributed by atoms with van der Waals surface area (Å²) in [7, 11) is 0. The number of hydrogen-bond donors (Lipinski definition) is 2. The molecule has 108 valence electrons. The van der Waals surface area contributed by atoms with E-state index in [0.29, 0.717) is 0 Å².